The smallest absolute Gasteiger partial charge is 0.159 e. The molecule has 1 unspecified atom stereocenters. The first kappa shape index (κ1) is 13.1. The third kappa shape index (κ3) is 2.91. The van der Waals surface area contributed by atoms with E-state index in [1.807, 2.05) is 12.1 Å². The number of hydrogen-bond donors (Lipinski definition) is 0. The zero-order chi connectivity index (χ0) is 13.1. The van der Waals surface area contributed by atoms with E-state index in [1.54, 1.807) is 6.92 Å². The van der Waals surface area contributed by atoms with Crippen molar-refractivity contribution in [2.24, 2.45) is 0 Å². The van der Waals surface area contributed by atoms with Gasteiger partial charge >= 0.3 is 0 Å². The molecule has 3 heteroatoms. The lowest BCUT2D eigenvalue weighted by Gasteiger charge is -2.37. The van der Waals surface area contributed by atoms with Crippen LogP contribution in [0.4, 0.5) is 5.69 Å². The fraction of sp³-hybridized carbons (Fsp3) is 0.533. The van der Waals surface area contributed by atoms with Crippen molar-refractivity contribution in [1.29, 1.82) is 0 Å². The zero-order valence-corrected chi connectivity index (χ0v) is 11.5. The van der Waals surface area contributed by atoms with E-state index in [2.05, 4.69) is 36.0 Å². The summed E-state index contributed by atoms with van der Waals surface area (Å²) in [6, 6.07) is 8.61. The number of hydrogen-bond acceptors (Lipinski definition) is 3. The molecule has 18 heavy (non-hydrogen) atoms. The van der Waals surface area contributed by atoms with Crippen molar-refractivity contribution >= 4 is 11.5 Å². The molecular formula is C15H22N2O. The number of piperidine rings is 1. The van der Waals surface area contributed by atoms with Gasteiger partial charge < -0.3 is 9.80 Å². The molecule has 1 aliphatic heterocycles. The van der Waals surface area contributed by atoms with E-state index < -0.39 is 0 Å². The SMILES string of the molecule is CC(=O)c1ccc(N2CCCC(N(C)C)C2)cc1. The summed E-state index contributed by atoms with van der Waals surface area (Å²) in [5, 5.41) is 0. The van der Waals surface area contributed by atoms with Crippen LogP contribution in [0.3, 0.4) is 0 Å². The Morgan fingerprint density at radius 1 is 1.28 bits per heavy atom. The van der Waals surface area contributed by atoms with Crippen molar-refractivity contribution in [2.45, 2.75) is 25.8 Å². The average molecular weight is 246 g/mol. The predicted octanol–water partition coefficient (Wildman–Crippen LogP) is 2.42. The lowest BCUT2D eigenvalue weighted by molar-refractivity contribution is 0.101. The molecule has 0 N–H and O–H groups in total. The number of Topliss-reactive ketones (excluding diaryl/α,β-unsaturated/α-hetero) is 1. The van der Waals surface area contributed by atoms with Crippen LogP contribution >= 0.6 is 0 Å². The van der Waals surface area contributed by atoms with E-state index >= 15 is 0 Å². The maximum atomic E-state index is 11.3. The molecule has 1 atom stereocenters. The van der Waals surface area contributed by atoms with E-state index in [0.29, 0.717) is 6.04 Å². The number of benzene rings is 1. The largest absolute Gasteiger partial charge is 0.370 e. The van der Waals surface area contributed by atoms with Gasteiger partial charge in [0.1, 0.15) is 0 Å². The van der Waals surface area contributed by atoms with Crippen LogP contribution in [-0.4, -0.2) is 43.9 Å². The van der Waals surface area contributed by atoms with Gasteiger partial charge in [0.05, 0.1) is 0 Å². The van der Waals surface area contributed by atoms with Crippen LogP contribution in [0.2, 0.25) is 0 Å². The molecule has 0 radical (unpaired) electrons. The first-order chi connectivity index (χ1) is 8.58. The average Bonchev–Trinajstić information content (AvgIpc) is 2.39. The third-order valence-electron chi connectivity index (χ3n) is 3.77. The minimum Gasteiger partial charge on any atom is -0.370 e. The van der Waals surface area contributed by atoms with Gasteiger partial charge in [-0.2, -0.15) is 0 Å². The van der Waals surface area contributed by atoms with E-state index in [9.17, 15) is 4.79 Å². The highest BCUT2D eigenvalue weighted by Gasteiger charge is 2.21. The molecule has 2 rings (SSSR count). The number of carbonyl (C=O) groups is 1. The standard InChI is InChI=1S/C15H22N2O/c1-12(18)13-6-8-14(9-7-13)17-10-4-5-15(11-17)16(2)3/h6-9,15H,4-5,10-11H2,1-3H3. The summed E-state index contributed by atoms with van der Waals surface area (Å²) < 4.78 is 0. The lowest BCUT2D eigenvalue weighted by atomic mass is 10.0. The van der Waals surface area contributed by atoms with Crippen molar-refractivity contribution in [2.75, 3.05) is 32.1 Å². The molecule has 0 amide bonds. The molecule has 3 nitrogen and oxygen atoms in total. The van der Waals surface area contributed by atoms with E-state index in [-0.39, 0.29) is 5.78 Å². The molecule has 1 aromatic carbocycles. The number of likely N-dealkylation sites (N-methyl/N-ethyl adjacent to an activating group) is 1. The van der Waals surface area contributed by atoms with Crippen LogP contribution in [-0.2, 0) is 0 Å². The molecule has 1 fully saturated rings. The summed E-state index contributed by atoms with van der Waals surface area (Å²) in [6.07, 6.45) is 2.51. The molecule has 0 spiro atoms. The van der Waals surface area contributed by atoms with Crippen molar-refractivity contribution in [3.05, 3.63) is 29.8 Å². The minimum absolute atomic E-state index is 0.131. The van der Waals surface area contributed by atoms with Crippen LogP contribution in [0.5, 0.6) is 0 Å². The maximum Gasteiger partial charge on any atom is 0.159 e. The molecule has 0 saturated carbocycles. The number of carbonyl (C=O) groups excluding carboxylic acids is 1. The fourth-order valence-corrected chi connectivity index (χ4v) is 2.52. The first-order valence-corrected chi connectivity index (χ1v) is 6.60. The first-order valence-electron chi connectivity index (χ1n) is 6.60. The van der Waals surface area contributed by atoms with Crippen molar-refractivity contribution in [3.63, 3.8) is 0 Å². The Morgan fingerprint density at radius 3 is 2.50 bits per heavy atom. The second-order valence-corrected chi connectivity index (χ2v) is 5.31. The van der Waals surface area contributed by atoms with Gasteiger partial charge in [-0.15, -0.1) is 0 Å². The van der Waals surface area contributed by atoms with Crippen molar-refractivity contribution in [1.82, 2.24) is 4.90 Å². The summed E-state index contributed by atoms with van der Waals surface area (Å²) in [4.78, 5) is 16.0. The predicted molar refractivity (Wildman–Crippen MR) is 75.4 cm³/mol. The third-order valence-corrected chi connectivity index (χ3v) is 3.77. The number of nitrogens with zero attached hydrogens (tertiary/aromatic N) is 2. The number of ketones is 1. The fourth-order valence-electron chi connectivity index (χ4n) is 2.52. The van der Waals surface area contributed by atoms with Gasteiger partial charge in [-0.3, -0.25) is 4.79 Å². The second kappa shape index (κ2) is 5.53. The van der Waals surface area contributed by atoms with Gasteiger partial charge in [0, 0.05) is 30.4 Å². The normalized spacial score (nSPS) is 20.2. The molecule has 1 heterocycles. The molecule has 0 aliphatic carbocycles. The molecule has 98 valence electrons. The molecule has 1 aliphatic rings. The summed E-state index contributed by atoms with van der Waals surface area (Å²) in [7, 11) is 4.29. The zero-order valence-electron chi connectivity index (χ0n) is 11.5. The molecular weight excluding hydrogens is 224 g/mol. The van der Waals surface area contributed by atoms with Gasteiger partial charge in [0.2, 0.25) is 0 Å². The number of anilines is 1. The van der Waals surface area contributed by atoms with Gasteiger partial charge in [-0.1, -0.05) is 0 Å². The van der Waals surface area contributed by atoms with Crippen LogP contribution in [0.1, 0.15) is 30.1 Å². The molecule has 0 bridgehead atoms. The quantitative estimate of drug-likeness (QED) is 0.765. The Morgan fingerprint density at radius 2 is 1.94 bits per heavy atom. The highest BCUT2D eigenvalue weighted by atomic mass is 16.1. The van der Waals surface area contributed by atoms with E-state index in [0.717, 1.165) is 18.7 Å². The summed E-state index contributed by atoms with van der Waals surface area (Å²) in [5.41, 5.74) is 2.02. The number of rotatable bonds is 3. The van der Waals surface area contributed by atoms with Gasteiger partial charge in [-0.05, 0) is 58.1 Å². The highest BCUT2D eigenvalue weighted by molar-refractivity contribution is 5.94. The molecule has 1 saturated heterocycles. The van der Waals surface area contributed by atoms with Crippen molar-refractivity contribution in [3.8, 4) is 0 Å². The Kier molecular flexibility index (Phi) is 4.02. The van der Waals surface area contributed by atoms with Crippen LogP contribution in [0.15, 0.2) is 24.3 Å². The van der Waals surface area contributed by atoms with E-state index in [1.165, 1.54) is 18.5 Å². The van der Waals surface area contributed by atoms with E-state index in [4.69, 9.17) is 0 Å². The van der Waals surface area contributed by atoms with Gasteiger partial charge in [0.25, 0.3) is 0 Å². The summed E-state index contributed by atoms with van der Waals surface area (Å²) in [6.45, 7) is 3.80. The Bertz CT molecular complexity index is 411. The Hall–Kier alpha value is -1.35. The van der Waals surface area contributed by atoms with Crippen LogP contribution in [0.25, 0.3) is 0 Å². The maximum absolute atomic E-state index is 11.3. The van der Waals surface area contributed by atoms with Crippen LogP contribution < -0.4 is 4.90 Å². The Labute approximate surface area is 109 Å². The molecule has 1 aromatic rings. The monoisotopic (exact) mass is 246 g/mol. The van der Waals surface area contributed by atoms with Gasteiger partial charge in [0.15, 0.2) is 5.78 Å². The van der Waals surface area contributed by atoms with Crippen molar-refractivity contribution < 1.29 is 4.79 Å². The highest BCUT2D eigenvalue weighted by Crippen LogP contribution is 2.22. The second-order valence-electron chi connectivity index (χ2n) is 5.31. The summed E-state index contributed by atoms with van der Waals surface area (Å²) in [5.74, 6) is 0.131. The lowest BCUT2D eigenvalue weighted by Crippen LogP contribution is -2.45. The van der Waals surface area contributed by atoms with Crippen LogP contribution in [0, 0.1) is 0 Å². The summed E-state index contributed by atoms with van der Waals surface area (Å²) >= 11 is 0. The van der Waals surface area contributed by atoms with Gasteiger partial charge in [-0.25, -0.2) is 0 Å². The Balaban J connectivity index is 2.09. The minimum atomic E-state index is 0.131. The molecule has 0 aromatic heterocycles. The topological polar surface area (TPSA) is 23.6 Å².